The molecule has 142 valence electrons. The fourth-order valence-electron chi connectivity index (χ4n) is 3.77. The van der Waals surface area contributed by atoms with E-state index in [0.29, 0.717) is 29.2 Å². The topological polar surface area (TPSA) is 20.3 Å². The van der Waals surface area contributed by atoms with Crippen molar-refractivity contribution < 1.29 is 13.6 Å². The highest BCUT2D eigenvalue weighted by Gasteiger charge is 2.52. The molecule has 1 aliphatic heterocycles. The first-order chi connectivity index (χ1) is 13.5. The Kier molecular flexibility index (Phi) is 4.90. The van der Waals surface area contributed by atoms with E-state index in [1.807, 2.05) is 12.1 Å². The number of benzene rings is 3. The number of rotatable bonds is 4. The maximum Gasteiger partial charge on any atom is 0.333 e. The van der Waals surface area contributed by atoms with Crippen molar-refractivity contribution in [2.75, 3.05) is 11.4 Å². The van der Waals surface area contributed by atoms with Crippen LogP contribution in [-0.2, 0) is 6.42 Å². The number of anilines is 1. The molecule has 3 aromatic rings. The van der Waals surface area contributed by atoms with Crippen LogP contribution in [0.15, 0.2) is 78.9 Å². The molecular weight excluding hydrogens is 380 g/mol. The molecule has 0 aromatic heterocycles. The summed E-state index contributed by atoms with van der Waals surface area (Å²) in [6, 6.07) is 20.2. The Balaban J connectivity index is 1.82. The van der Waals surface area contributed by atoms with Crippen molar-refractivity contribution in [2.24, 2.45) is 0 Å². The molecule has 0 saturated carbocycles. The lowest BCUT2D eigenvalue weighted by Crippen LogP contribution is -2.49. The Bertz CT molecular complexity index is 989. The number of hydrogen-bond donors (Lipinski definition) is 0. The zero-order valence-electron chi connectivity index (χ0n) is 15.0. The van der Waals surface area contributed by atoms with Gasteiger partial charge in [0.15, 0.2) is 0 Å². The van der Waals surface area contributed by atoms with Crippen LogP contribution < -0.4 is 4.90 Å². The second-order valence-corrected chi connectivity index (χ2v) is 7.28. The summed E-state index contributed by atoms with van der Waals surface area (Å²) < 4.78 is 31.3. The molecule has 0 fully saturated rings. The molecule has 4 rings (SSSR count). The van der Waals surface area contributed by atoms with Crippen molar-refractivity contribution in [3.63, 3.8) is 0 Å². The van der Waals surface area contributed by atoms with Gasteiger partial charge in [-0.3, -0.25) is 4.79 Å². The predicted octanol–water partition coefficient (Wildman–Crippen LogP) is 5.96. The first kappa shape index (κ1) is 18.6. The molecule has 28 heavy (non-hydrogen) atoms. The molecular formula is C23H18ClF2NO. The molecule has 0 amide bonds. The lowest BCUT2D eigenvalue weighted by Gasteiger charge is -2.42. The van der Waals surface area contributed by atoms with E-state index in [9.17, 15) is 4.79 Å². The van der Waals surface area contributed by atoms with Crippen LogP contribution in [0, 0.1) is 0 Å². The van der Waals surface area contributed by atoms with Gasteiger partial charge in [0, 0.05) is 22.8 Å². The summed E-state index contributed by atoms with van der Waals surface area (Å²) in [4.78, 5) is 14.4. The van der Waals surface area contributed by atoms with Crippen molar-refractivity contribution in [2.45, 2.75) is 18.4 Å². The molecule has 2 nitrogen and oxygen atoms in total. The van der Waals surface area contributed by atoms with E-state index in [2.05, 4.69) is 0 Å². The summed E-state index contributed by atoms with van der Waals surface area (Å²) in [5, 5.41) is 0.532. The van der Waals surface area contributed by atoms with Gasteiger partial charge in [-0.05, 0) is 41.8 Å². The smallest absolute Gasteiger partial charge is 0.333 e. The minimum absolute atomic E-state index is 0.00612. The summed E-state index contributed by atoms with van der Waals surface area (Å²) >= 11 is 5.97. The molecule has 0 saturated heterocycles. The van der Waals surface area contributed by atoms with E-state index < -0.39 is 17.7 Å². The zero-order valence-corrected chi connectivity index (χ0v) is 15.7. The molecule has 1 heterocycles. The molecule has 1 atom stereocenters. The van der Waals surface area contributed by atoms with Crippen molar-refractivity contribution in [1.29, 1.82) is 0 Å². The SMILES string of the molecule is O=C(c1ccccc1)C(F)(F)C1c2ccccc2CCN1c1ccc(Cl)cc1. The number of nitrogens with zero attached hydrogens (tertiary/aromatic N) is 1. The van der Waals surface area contributed by atoms with Gasteiger partial charge in [-0.15, -0.1) is 0 Å². The summed E-state index contributed by atoms with van der Waals surface area (Å²) in [5.74, 6) is -4.77. The van der Waals surface area contributed by atoms with Gasteiger partial charge in [0.2, 0.25) is 5.78 Å². The standard InChI is InChI=1S/C23H18ClF2NO/c24-18-10-12-19(13-11-18)27-15-14-16-6-4-5-9-20(16)21(27)23(25,26)22(28)17-7-2-1-3-8-17/h1-13,21H,14-15H2. The van der Waals surface area contributed by atoms with E-state index >= 15 is 8.78 Å². The zero-order chi connectivity index (χ0) is 19.7. The number of alkyl halides is 2. The minimum atomic E-state index is -3.60. The normalized spacial score (nSPS) is 16.5. The van der Waals surface area contributed by atoms with Crippen LogP contribution in [0.1, 0.15) is 27.5 Å². The number of carbonyl (C=O) groups excluding carboxylic acids is 1. The second kappa shape index (κ2) is 7.36. The van der Waals surface area contributed by atoms with Crippen molar-refractivity contribution in [1.82, 2.24) is 0 Å². The van der Waals surface area contributed by atoms with E-state index in [1.54, 1.807) is 59.5 Å². The molecule has 3 aromatic carbocycles. The van der Waals surface area contributed by atoms with Gasteiger partial charge in [0.25, 0.3) is 0 Å². The average Bonchev–Trinajstić information content (AvgIpc) is 2.73. The van der Waals surface area contributed by atoms with Crippen LogP contribution in [-0.4, -0.2) is 18.3 Å². The van der Waals surface area contributed by atoms with Gasteiger partial charge in [-0.25, -0.2) is 0 Å². The van der Waals surface area contributed by atoms with Gasteiger partial charge in [0.1, 0.15) is 6.04 Å². The number of hydrogen-bond acceptors (Lipinski definition) is 2. The third kappa shape index (κ3) is 3.29. The maximum atomic E-state index is 15.7. The number of Topliss-reactive ketones (excluding diaryl/α,β-unsaturated/α-hetero) is 1. The first-order valence-corrected chi connectivity index (χ1v) is 9.44. The van der Waals surface area contributed by atoms with Gasteiger partial charge < -0.3 is 4.90 Å². The van der Waals surface area contributed by atoms with E-state index in [-0.39, 0.29) is 5.56 Å². The first-order valence-electron chi connectivity index (χ1n) is 9.06. The highest BCUT2D eigenvalue weighted by atomic mass is 35.5. The summed E-state index contributed by atoms with van der Waals surface area (Å²) in [5.41, 5.74) is 1.95. The molecule has 0 N–H and O–H groups in total. The molecule has 0 aliphatic carbocycles. The molecule has 5 heteroatoms. The van der Waals surface area contributed by atoms with Crippen LogP contribution in [0.5, 0.6) is 0 Å². The number of fused-ring (bicyclic) bond motifs is 1. The van der Waals surface area contributed by atoms with E-state index in [1.165, 1.54) is 12.1 Å². The van der Waals surface area contributed by atoms with Gasteiger partial charge in [-0.2, -0.15) is 8.78 Å². The number of carbonyl (C=O) groups is 1. The summed E-state index contributed by atoms with van der Waals surface area (Å²) in [7, 11) is 0. The molecule has 0 radical (unpaired) electrons. The molecule has 1 unspecified atom stereocenters. The van der Waals surface area contributed by atoms with Crippen LogP contribution in [0.2, 0.25) is 5.02 Å². The number of halogens is 3. The Labute approximate surface area is 167 Å². The van der Waals surface area contributed by atoms with Gasteiger partial charge in [0.05, 0.1) is 0 Å². The lowest BCUT2D eigenvalue weighted by atomic mass is 9.85. The Morgan fingerprint density at radius 3 is 2.29 bits per heavy atom. The van der Waals surface area contributed by atoms with Crippen LogP contribution in [0.4, 0.5) is 14.5 Å². The van der Waals surface area contributed by atoms with E-state index in [0.717, 1.165) is 5.56 Å². The van der Waals surface area contributed by atoms with Crippen LogP contribution >= 0.6 is 11.6 Å². The molecule has 1 aliphatic rings. The van der Waals surface area contributed by atoms with E-state index in [4.69, 9.17) is 11.6 Å². The average molecular weight is 398 g/mol. The fraction of sp³-hybridized carbons (Fsp3) is 0.174. The fourth-order valence-corrected chi connectivity index (χ4v) is 3.90. The van der Waals surface area contributed by atoms with Crippen LogP contribution in [0.25, 0.3) is 0 Å². The largest absolute Gasteiger partial charge is 0.358 e. The lowest BCUT2D eigenvalue weighted by molar-refractivity contribution is -0.0104. The minimum Gasteiger partial charge on any atom is -0.358 e. The van der Waals surface area contributed by atoms with Gasteiger partial charge in [-0.1, -0.05) is 66.2 Å². The maximum absolute atomic E-state index is 15.7. The third-order valence-electron chi connectivity index (χ3n) is 5.12. The Morgan fingerprint density at radius 2 is 1.57 bits per heavy atom. The van der Waals surface area contributed by atoms with Crippen molar-refractivity contribution in [3.05, 3.63) is 101 Å². The second-order valence-electron chi connectivity index (χ2n) is 6.84. The summed E-state index contributed by atoms with van der Waals surface area (Å²) in [6.07, 6.45) is 0.630. The number of ketones is 1. The summed E-state index contributed by atoms with van der Waals surface area (Å²) in [6.45, 7) is 0.390. The Hall–Kier alpha value is -2.72. The van der Waals surface area contributed by atoms with Crippen molar-refractivity contribution >= 4 is 23.1 Å². The monoisotopic (exact) mass is 397 g/mol. The molecule has 0 spiro atoms. The van der Waals surface area contributed by atoms with Gasteiger partial charge >= 0.3 is 5.92 Å². The quantitative estimate of drug-likeness (QED) is 0.506. The molecule has 0 bridgehead atoms. The highest BCUT2D eigenvalue weighted by Crippen LogP contribution is 2.44. The predicted molar refractivity (Wildman–Crippen MR) is 107 cm³/mol. The Morgan fingerprint density at radius 1 is 0.929 bits per heavy atom. The van der Waals surface area contributed by atoms with Crippen LogP contribution in [0.3, 0.4) is 0 Å². The third-order valence-corrected chi connectivity index (χ3v) is 5.38. The highest BCUT2D eigenvalue weighted by molar-refractivity contribution is 6.30. The van der Waals surface area contributed by atoms with Crippen molar-refractivity contribution in [3.8, 4) is 0 Å².